The molecular formula is C15H22N2O3. The third-order valence-corrected chi connectivity index (χ3v) is 2.91. The molecule has 0 aliphatic heterocycles. The third kappa shape index (κ3) is 5.84. The van der Waals surface area contributed by atoms with Crippen molar-refractivity contribution in [3.05, 3.63) is 29.8 Å². The summed E-state index contributed by atoms with van der Waals surface area (Å²) >= 11 is 0. The van der Waals surface area contributed by atoms with Gasteiger partial charge in [0.2, 0.25) is 5.91 Å². The van der Waals surface area contributed by atoms with Gasteiger partial charge in [0.25, 0.3) is 0 Å². The number of carbonyl (C=O) groups is 2. The van der Waals surface area contributed by atoms with E-state index in [1.165, 1.54) is 0 Å². The molecule has 0 aromatic heterocycles. The summed E-state index contributed by atoms with van der Waals surface area (Å²) < 4.78 is 0. The Kier molecular flexibility index (Phi) is 6.18. The Labute approximate surface area is 119 Å². The van der Waals surface area contributed by atoms with Crippen molar-refractivity contribution in [1.82, 2.24) is 0 Å². The molecule has 1 unspecified atom stereocenters. The Morgan fingerprint density at radius 3 is 2.35 bits per heavy atom. The van der Waals surface area contributed by atoms with Crippen LogP contribution in [0.15, 0.2) is 24.3 Å². The number of aliphatic carboxylic acids is 1. The molecule has 0 radical (unpaired) electrons. The zero-order valence-electron chi connectivity index (χ0n) is 11.9. The van der Waals surface area contributed by atoms with Crippen LogP contribution in [-0.4, -0.2) is 23.0 Å². The summed E-state index contributed by atoms with van der Waals surface area (Å²) in [5.74, 6) is -0.645. The summed E-state index contributed by atoms with van der Waals surface area (Å²) in [5, 5.41) is 11.4. The maximum atomic E-state index is 11.8. The van der Waals surface area contributed by atoms with Crippen molar-refractivity contribution in [2.75, 3.05) is 5.32 Å². The van der Waals surface area contributed by atoms with E-state index in [1.54, 1.807) is 12.1 Å². The number of carboxylic acids is 1. The monoisotopic (exact) mass is 278 g/mol. The molecule has 110 valence electrons. The fourth-order valence-electron chi connectivity index (χ4n) is 1.86. The van der Waals surface area contributed by atoms with Crippen LogP contribution in [0, 0.1) is 5.92 Å². The Morgan fingerprint density at radius 2 is 1.85 bits per heavy atom. The molecule has 0 aliphatic carbocycles. The molecule has 0 spiro atoms. The van der Waals surface area contributed by atoms with E-state index >= 15 is 0 Å². The Morgan fingerprint density at radius 1 is 1.25 bits per heavy atom. The van der Waals surface area contributed by atoms with Crippen LogP contribution in [0.3, 0.4) is 0 Å². The van der Waals surface area contributed by atoms with Crippen LogP contribution in [0.25, 0.3) is 0 Å². The first kappa shape index (κ1) is 16.2. The van der Waals surface area contributed by atoms with Crippen molar-refractivity contribution >= 4 is 17.6 Å². The minimum atomic E-state index is -0.818. The van der Waals surface area contributed by atoms with E-state index in [9.17, 15) is 9.59 Å². The van der Waals surface area contributed by atoms with Crippen molar-refractivity contribution in [3.8, 4) is 0 Å². The number of amides is 1. The van der Waals surface area contributed by atoms with Gasteiger partial charge in [0.05, 0.1) is 6.04 Å². The highest BCUT2D eigenvalue weighted by Crippen LogP contribution is 2.12. The lowest BCUT2D eigenvalue weighted by Crippen LogP contribution is -2.36. The van der Waals surface area contributed by atoms with Crippen LogP contribution in [0.5, 0.6) is 0 Å². The van der Waals surface area contributed by atoms with Crippen molar-refractivity contribution in [1.29, 1.82) is 0 Å². The maximum absolute atomic E-state index is 11.8. The molecule has 1 rings (SSSR count). The smallest absolute Gasteiger partial charge is 0.303 e. The predicted octanol–water partition coefficient (Wildman–Crippen LogP) is 2.02. The first-order valence-electron chi connectivity index (χ1n) is 6.75. The number of hydrogen-bond donors (Lipinski definition) is 3. The first-order chi connectivity index (χ1) is 9.38. The number of carbonyl (C=O) groups excluding carboxylic acids is 1. The molecule has 0 heterocycles. The third-order valence-electron chi connectivity index (χ3n) is 2.91. The normalized spacial score (nSPS) is 12.2. The van der Waals surface area contributed by atoms with Gasteiger partial charge in [-0.05, 0) is 36.5 Å². The van der Waals surface area contributed by atoms with Gasteiger partial charge in [0.1, 0.15) is 0 Å². The van der Waals surface area contributed by atoms with Crippen molar-refractivity contribution in [3.63, 3.8) is 0 Å². The summed E-state index contributed by atoms with van der Waals surface area (Å²) in [6, 6.07) is 6.63. The number of anilines is 1. The number of benzene rings is 1. The molecule has 5 nitrogen and oxygen atoms in total. The van der Waals surface area contributed by atoms with Gasteiger partial charge in [-0.25, -0.2) is 0 Å². The Balaban J connectivity index is 2.52. The number of carboxylic acid groups (broad SMARTS) is 1. The molecule has 4 N–H and O–H groups in total. The Hall–Kier alpha value is -1.88. The van der Waals surface area contributed by atoms with Crippen molar-refractivity contribution in [2.45, 2.75) is 39.2 Å². The minimum Gasteiger partial charge on any atom is -0.481 e. The van der Waals surface area contributed by atoms with E-state index in [-0.39, 0.29) is 12.3 Å². The van der Waals surface area contributed by atoms with E-state index in [4.69, 9.17) is 10.8 Å². The van der Waals surface area contributed by atoms with Crippen LogP contribution in [0.4, 0.5) is 5.69 Å². The molecule has 0 bridgehead atoms. The second-order valence-electron chi connectivity index (χ2n) is 5.32. The lowest BCUT2D eigenvalue weighted by molar-refractivity contribution is -0.137. The number of rotatable bonds is 7. The second-order valence-corrected chi connectivity index (χ2v) is 5.32. The molecule has 1 amide bonds. The second kappa shape index (κ2) is 7.65. The van der Waals surface area contributed by atoms with E-state index in [0.29, 0.717) is 24.4 Å². The number of nitrogens with two attached hydrogens (primary N) is 1. The molecule has 20 heavy (non-hydrogen) atoms. The van der Waals surface area contributed by atoms with Gasteiger partial charge in [-0.3, -0.25) is 9.59 Å². The van der Waals surface area contributed by atoms with E-state index in [1.807, 2.05) is 26.0 Å². The molecule has 0 fully saturated rings. The molecule has 5 heteroatoms. The van der Waals surface area contributed by atoms with Gasteiger partial charge < -0.3 is 16.2 Å². The van der Waals surface area contributed by atoms with Gasteiger partial charge >= 0.3 is 5.97 Å². The van der Waals surface area contributed by atoms with Crippen LogP contribution in [0.2, 0.25) is 0 Å². The summed E-state index contributed by atoms with van der Waals surface area (Å²) in [6.45, 7) is 4.04. The van der Waals surface area contributed by atoms with Crippen molar-refractivity contribution < 1.29 is 14.7 Å². The van der Waals surface area contributed by atoms with Crippen LogP contribution >= 0.6 is 0 Å². The van der Waals surface area contributed by atoms with E-state index in [2.05, 4.69) is 5.32 Å². The maximum Gasteiger partial charge on any atom is 0.303 e. The number of nitrogens with one attached hydrogen (secondary N) is 1. The number of hydrogen-bond acceptors (Lipinski definition) is 3. The fourth-order valence-corrected chi connectivity index (χ4v) is 1.86. The molecule has 1 aromatic carbocycles. The zero-order valence-corrected chi connectivity index (χ0v) is 11.9. The quantitative estimate of drug-likeness (QED) is 0.711. The standard InChI is InChI=1S/C15H22N2O3/c1-10(2)9-13(16)15(20)17-12-6-3-11(4-7-12)5-8-14(18)19/h3-4,6-7,10,13H,5,8-9,16H2,1-2H3,(H,17,20)(H,18,19). The van der Waals surface area contributed by atoms with E-state index < -0.39 is 12.0 Å². The lowest BCUT2D eigenvalue weighted by atomic mass is 10.0. The van der Waals surface area contributed by atoms with Crippen molar-refractivity contribution in [2.24, 2.45) is 11.7 Å². The van der Waals surface area contributed by atoms with Crippen LogP contribution in [-0.2, 0) is 16.0 Å². The Bertz CT molecular complexity index is 455. The highest BCUT2D eigenvalue weighted by atomic mass is 16.4. The first-order valence-corrected chi connectivity index (χ1v) is 6.75. The molecule has 0 saturated carbocycles. The molecule has 0 aliphatic rings. The van der Waals surface area contributed by atoms with Crippen LogP contribution < -0.4 is 11.1 Å². The largest absolute Gasteiger partial charge is 0.481 e. The lowest BCUT2D eigenvalue weighted by Gasteiger charge is -2.14. The SMILES string of the molecule is CC(C)CC(N)C(=O)Nc1ccc(CCC(=O)O)cc1. The average Bonchev–Trinajstić information content (AvgIpc) is 2.37. The summed E-state index contributed by atoms with van der Waals surface area (Å²) in [4.78, 5) is 22.3. The topological polar surface area (TPSA) is 92.4 Å². The highest BCUT2D eigenvalue weighted by Gasteiger charge is 2.14. The predicted molar refractivity (Wildman–Crippen MR) is 78.5 cm³/mol. The van der Waals surface area contributed by atoms with Gasteiger partial charge in [0.15, 0.2) is 0 Å². The van der Waals surface area contributed by atoms with Gasteiger partial charge in [-0.1, -0.05) is 26.0 Å². The minimum absolute atomic E-state index is 0.102. The zero-order chi connectivity index (χ0) is 15.1. The van der Waals surface area contributed by atoms with Gasteiger partial charge in [-0.2, -0.15) is 0 Å². The van der Waals surface area contributed by atoms with Gasteiger partial charge in [-0.15, -0.1) is 0 Å². The number of aryl methyl sites for hydroxylation is 1. The molecular weight excluding hydrogens is 256 g/mol. The molecule has 0 saturated heterocycles. The molecule has 1 aromatic rings. The van der Waals surface area contributed by atoms with Crippen LogP contribution in [0.1, 0.15) is 32.3 Å². The molecule has 1 atom stereocenters. The average molecular weight is 278 g/mol. The van der Waals surface area contributed by atoms with Gasteiger partial charge in [0, 0.05) is 12.1 Å². The summed E-state index contributed by atoms with van der Waals surface area (Å²) in [6.07, 6.45) is 1.23. The fraction of sp³-hybridized carbons (Fsp3) is 0.467. The highest BCUT2D eigenvalue weighted by molar-refractivity contribution is 5.94. The summed E-state index contributed by atoms with van der Waals surface area (Å²) in [7, 11) is 0. The summed E-state index contributed by atoms with van der Waals surface area (Å²) in [5.41, 5.74) is 7.40. The van der Waals surface area contributed by atoms with E-state index in [0.717, 1.165) is 5.56 Å².